The van der Waals surface area contributed by atoms with E-state index in [9.17, 15) is 9.90 Å². The Bertz CT molecular complexity index is 553. The van der Waals surface area contributed by atoms with Crippen LogP contribution < -0.4 is 0 Å². The summed E-state index contributed by atoms with van der Waals surface area (Å²) in [7, 11) is 0. The Labute approximate surface area is 134 Å². The number of amides is 1. The van der Waals surface area contributed by atoms with Crippen molar-refractivity contribution >= 4 is 34.7 Å². The summed E-state index contributed by atoms with van der Waals surface area (Å²) in [6.07, 6.45) is -0.493. The van der Waals surface area contributed by atoms with Gasteiger partial charge in [0.1, 0.15) is 6.23 Å². The van der Waals surface area contributed by atoms with E-state index >= 15 is 0 Å². The zero-order chi connectivity index (χ0) is 15.6. The lowest BCUT2D eigenvalue weighted by Gasteiger charge is -2.36. The topological polar surface area (TPSA) is 43.8 Å². The van der Waals surface area contributed by atoms with Crippen molar-refractivity contribution in [1.29, 1.82) is 0 Å². The van der Waals surface area contributed by atoms with Gasteiger partial charge in [0, 0.05) is 37.3 Å². The summed E-state index contributed by atoms with van der Waals surface area (Å²) in [6.45, 7) is 7.97. The van der Waals surface area contributed by atoms with Crippen molar-refractivity contribution in [2.45, 2.75) is 13.2 Å². The maximum absolute atomic E-state index is 12.5. The molecule has 1 unspecified atom stereocenters. The first-order chi connectivity index (χ1) is 9.91. The number of nitrogens with zero attached hydrogens (tertiary/aromatic N) is 2. The van der Waals surface area contributed by atoms with Crippen molar-refractivity contribution in [3.05, 3.63) is 40.4 Å². The van der Waals surface area contributed by atoms with Crippen LogP contribution in [0.2, 0.25) is 10.0 Å². The quantitative estimate of drug-likeness (QED) is 0.867. The molecule has 0 saturated carbocycles. The molecule has 2 rings (SSSR count). The van der Waals surface area contributed by atoms with E-state index in [1.807, 2.05) is 4.90 Å². The van der Waals surface area contributed by atoms with E-state index in [-0.39, 0.29) is 5.91 Å². The van der Waals surface area contributed by atoms with Crippen molar-refractivity contribution in [2.75, 3.05) is 26.2 Å². The minimum atomic E-state index is -0.493. The predicted octanol–water partition coefficient (Wildman–Crippen LogP) is 2.49. The lowest BCUT2D eigenvalue weighted by atomic mass is 10.1. The molecule has 21 heavy (non-hydrogen) atoms. The minimum absolute atomic E-state index is 0.149. The molecule has 1 amide bonds. The van der Waals surface area contributed by atoms with Gasteiger partial charge < -0.3 is 10.0 Å². The zero-order valence-electron chi connectivity index (χ0n) is 11.9. The van der Waals surface area contributed by atoms with Gasteiger partial charge in [-0.05, 0) is 13.0 Å². The van der Waals surface area contributed by atoms with Gasteiger partial charge in [-0.3, -0.25) is 9.69 Å². The van der Waals surface area contributed by atoms with Gasteiger partial charge >= 0.3 is 0 Å². The van der Waals surface area contributed by atoms with Crippen LogP contribution in [0.1, 0.15) is 12.5 Å². The molecule has 6 heteroatoms. The summed E-state index contributed by atoms with van der Waals surface area (Å²) in [5.74, 6) is -0.149. The molecule has 0 aromatic heterocycles. The summed E-state index contributed by atoms with van der Waals surface area (Å²) in [6, 6.07) is 5.15. The van der Waals surface area contributed by atoms with E-state index in [1.165, 1.54) is 0 Å². The summed E-state index contributed by atoms with van der Waals surface area (Å²) in [5, 5.41) is 10.3. The summed E-state index contributed by atoms with van der Waals surface area (Å²) in [5.41, 5.74) is 0.903. The van der Waals surface area contributed by atoms with Crippen molar-refractivity contribution in [2.24, 2.45) is 0 Å². The molecule has 1 fully saturated rings. The lowest BCUT2D eigenvalue weighted by molar-refractivity contribution is -0.128. The maximum Gasteiger partial charge on any atom is 0.254 e. The van der Waals surface area contributed by atoms with Crippen molar-refractivity contribution in [1.82, 2.24) is 9.80 Å². The van der Waals surface area contributed by atoms with E-state index in [2.05, 4.69) is 6.58 Å². The maximum atomic E-state index is 12.5. The second-order valence-electron chi connectivity index (χ2n) is 5.04. The highest BCUT2D eigenvalue weighted by Crippen LogP contribution is 2.30. The van der Waals surface area contributed by atoms with Gasteiger partial charge in [0.25, 0.3) is 5.91 Å². The van der Waals surface area contributed by atoms with Gasteiger partial charge in [-0.1, -0.05) is 41.9 Å². The fourth-order valence-corrected chi connectivity index (χ4v) is 2.76. The van der Waals surface area contributed by atoms with Gasteiger partial charge in [-0.25, -0.2) is 0 Å². The molecule has 0 radical (unpaired) electrons. The molecule has 1 aliphatic rings. The number of halogens is 2. The van der Waals surface area contributed by atoms with Crippen LogP contribution in [0.3, 0.4) is 0 Å². The lowest BCUT2D eigenvalue weighted by Crippen LogP contribution is -2.51. The third-order valence-corrected chi connectivity index (χ3v) is 4.48. The van der Waals surface area contributed by atoms with Gasteiger partial charge in [-0.15, -0.1) is 0 Å². The second-order valence-corrected chi connectivity index (χ2v) is 5.83. The number of aliphatic hydroxyl groups is 1. The zero-order valence-corrected chi connectivity index (χ0v) is 13.4. The fraction of sp³-hybridized carbons (Fsp3) is 0.400. The van der Waals surface area contributed by atoms with Crippen LogP contribution in [-0.2, 0) is 4.79 Å². The standard InChI is InChI=1S/C15H18Cl2N2O2/c1-10(12-4-3-5-13(16)14(12)17)15(21)19-8-6-18(7-9-19)11(2)20/h3-5,11,20H,1,6-9H2,2H3. The summed E-state index contributed by atoms with van der Waals surface area (Å²) < 4.78 is 0. The Morgan fingerprint density at radius 3 is 2.48 bits per heavy atom. The molecular formula is C15H18Cl2N2O2. The average Bonchev–Trinajstić information content (AvgIpc) is 2.48. The highest BCUT2D eigenvalue weighted by atomic mass is 35.5. The third kappa shape index (κ3) is 3.58. The number of hydrogen-bond acceptors (Lipinski definition) is 3. The van der Waals surface area contributed by atoms with Crippen LogP contribution >= 0.6 is 23.2 Å². The molecule has 4 nitrogen and oxygen atoms in total. The SMILES string of the molecule is C=C(C(=O)N1CCN(C(C)O)CC1)c1cccc(Cl)c1Cl. The van der Waals surface area contributed by atoms with Gasteiger partial charge in [0.2, 0.25) is 0 Å². The number of aliphatic hydroxyl groups excluding tert-OH is 1. The Morgan fingerprint density at radius 2 is 1.90 bits per heavy atom. The molecule has 1 heterocycles. The van der Waals surface area contributed by atoms with E-state index in [0.717, 1.165) is 0 Å². The van der Waals surface area contributed by atoms with E-state index in [0.29, 0.717) is 47.4 Å². The van der Waals surface area contributed by atoms with Crippen molar-refractivity contribution in [3.63, 3.8) is 0 Å². The minimum Gasteiger partial charge on any atom is -0.379 e. The number of piperazine rings is 1. The normalized spacial score (nSPS) is 17.6. The first-order valence-electron chi connectivity index (χ1n) is 6.76. The van der Waals surface area contributed by atoms with Crippen molar-refractivity contribution < 1.29 is 9.90 Å². The number of rotatable bonds is 3. The van der Waals surface area contributed by atoms with E-state index < -0.39 is 6.23 Å². The van der Waals surface area contributed by atoms with Gasteiger partial charge in [0.05, 0.1) is 10.0 Å². The molecule has 0 aliphatic carbocycles. The highest BCUT2D eigenvalue weighted by Gasteiger charge is 2.25. The Morgan fingerprint density at radius 1 is 1.29 bits per heavy atom. The predicted molar refractivity (Wildman–Crippen MR) is 85.3 cm³/mol. The van der Waals surface area contributed by atoms with Crippen LogP contribution in [0.15, 0.2) is 24.8 Å². The molecule has 1 aliphatic heterocycles. The van der Waals surface area contributed by atoms with Crippen LogP contribution in [0.25, 0.3) is 5.57 Å². The highest BCUT2D eigenvalue weighted by molar-refractivity contribution is 6.44. The van der Waals surface area contributed by atoms with E-state index in [4.69, 9.17) is 23.2 Å². The average molecular weight is 329 g/mol. The van der Waals surface area contributed by atoms with E-state index in [1.54, 1.807) is 30.0 Å². The third-order valence-electron chi connectivity index (χ3n) is 3.66. The molecule has 114 valence electrons. The van der Waals surface area contributed by atoms with Gasteiger partial charge in [-0.2, -0.15) is 0 Å². The molecular weight excluding hydrogens is 311 g/mol. The van der Waals surface area contributed by atoms with Gasteiger partial charge in [0.15, 0.2) is 0 Å². The van der Waals surface area contributed by atoms with Crippen LogP contribution in [-0.4, -0.2) is 53.2 Å². The molecule has 1 aromatic rings. The largest absolute Gasteiger partial charge is 0.379 e. The fourth-order valence-electron chi connectivity index (χ4n) is 2.34. The first kappa shape index (κ1) is 16.3. The Kier molecular flexibility index (Phi) is 5.27. The number of carbonyl (C=O) groups is 1. The molecule has 0 spiro atoms. The van der Waals surface area contributed by atoms with Crippen LogP contribution in [0, 0.1) is 0 Å². The van der Waals surface area contributed by atoms with Crippen LogP contribution in [0.5, 0.6) is 0 Å². The number of benzene rings is 1. The second kappa shape index (κ2) is 6.79. The molecule has 1 N–H and O–H groups in total. The van der Waals surface area contributed by atoms with Crippen LogP contribution in [0.4, 0.5) is 0 Å². The van der Waals surface area contributed by atoms with Crippen molar-refractivity contribution in [3.8, 4) is 0 Å². The Hall–Kier alpha value is -1.07. The molecule has 1 saturated heterocycles. The first-order valence-corrected chi connectivity index (χ1v) is 7.52. The number of hydrogen-bond donors (Lipinski definition) is 1. The summed E-state index contributed by atoms with van der Waals surface area (Å²) in [4.78, 5) is 16.1. The monoisotopic (exact) mass is 328 g/mol. The molecule has 1 atom stereocenters. The smallest absolute Gasteiger partial charge is 0.254 e. The summed E-state index contributed by atoms with van der Waals surface area (Å²) >= 11 is 12.1. The molecule has 1 aromatic carbocycles. The molecule has 0 bridgehead atoms. The number of carbonyl (C=O) groups excluding carboxylic acids is 1. The Balaban J connectivity index is 2.07.